The van der Waals surface area contributed by atoms with E-state index in [1.165, 1.54) is 43.4 Å². The van der Waals surface area contributed by atoms with Crippen molar-refractivity contribution in [1.82, 2.24) is 19.9 Å². The predicted molar refractivity (Wildman–Crippen MR) is 236 cm³/mol. The highest BCUT2D eigenvalue weighted by Gasteiger charge is 2.16. The van der Waals surface area contributed by atoms with Crippen molar-refractivity contribution in [3.8, 4) is 33.6 Å². The van der Waals surface area contributed by atoms with Gasteiger partial charge in [0.15, 0.2) is 0 Å². The van der Waals surface area contributed by atoms with Crippen LogP contribution in [0.15, 0.2) is 201 Å². The first-order valence-electron chi connectivity index (χ1n) is 19.1. The number of rotatable bonds is 6. The molecular weight excluding hydrogens is 695 g/mol. The summed E-state index contributed by atoms with van der Waals surface area (Å²) in [6.45, 7) is 0. The van der Waals surface area contributed by atoms with E-state index in [-0.39, 0.29) is 0 Å². The molecule has 0 N–H and O–H groups in total. The van der Waals surface area contributed by atoms with Crippen molar-refractivity contribution in [1.29, 1.82) is 0 Å². The van der Waals surface area contributed by atoms with Crippen molar-refractivity contribution < 1.29 is 0 Å². The van der Waals surface area contributed by atoms with Crippen LogP contribution >= 0.6 is 0 Å². The standard InChI is InChI=1S/C52H33N5/c1-2-8-37-29-38(14-13-34(37)7-1)39-21-27-45-40(30-39)15-16-41-31-44(26-28-46(41)45)57(42-22-17-35(18-23-42)51-47-9-3-5-11-49(47)53-32-55-51)43-24-19-36(20-25-43)52-48-10-4-6-12-50(48)54-33-56-52/h1-33H. The molecule has 2 heterocycles. The van der Waals surface area contributed by atoms with E-state index in [9.17, 15) is 0 Å². The molecule has 0 amide bonds. The van der Waals surface area contributed by atoms with Gasteiger partial charge in [-0.2, -0.15) is 0 Å². The normalized spacial score (nSPS) is 11.5. The van der Waals surface area contributed by atoms with E-state index in [1.54, 1.807) is 12.7 Å². The van der Waals surface area contributed by atoms with Crippen LogP contribution in [0.4, 0.5) is 17.1 Å². The maximum absolute atomic E-state index is 4.69. The largest absolute Gasteiger partial charge is 0.310 e. The highest BCUT2D eigenvalue weighted by Crippen LogP contribution is 2.40. The Morgan fingerprint density at radius 1 is 0.281 bits per heavy atom. The first kappa shape index (κ1) is 32.7. The van der Waals surface area contributed by atoms with Gasteiger partial charge in [-0.3, -0.25) is 0 Å². The SMILES string of the molecule is c1ccc2cc(-c3ccc4c(ccc5cc(N(c6ccc(-c7ncnc8ccccc78)cc6)c6ccc(-c7ncnc8ccccc78)cc6)ccc54)c3)ccc2c1. The molecule has 5 heteroatoms. The molecule has 0 atom stereocenters. The fraction of sp³-hybridized carbons (Fsp3) is 0. The Balaban J connectivity index is 1.00. The molecule has 11 rings (SSSR count). The summed E-state index contributed by atoms with van der Waals surface area (Å²) >= 11 is 0. The van der Waals surface area contributed by atoms with Crippen LogP contribution in [0.1, 0.15) is 0 Å². The molecule has 57 heavy (non-hydrogen) atoms. The van der Waals surface area contributed by atoms with Gasteiger partial charge in [0.25, 0.3) is 0 Å². The molecule has 5 nitrogen and oxygen atoms in total. The van der Waals surface area contributed by atoms with E-state index in [0.717, 1.165) is 61.4 Å². The molecule has 11 aromatic rings. The first-order valence-corrected chi connectivity index (χ1v) is 19.1. The van der Waals surface area contributed by atoms with Crippen molar-refractivity contribution in [2.24, 2.45) is 0 Å². The van der Waals surface area contributed by atoms with Gasteiger partial charge in [0.1, 0.15) is 12.7 Å². The Hall–Kier alpha value is -7.76. The molecule has 0 aliphatic heterocycles. The Morgan fingerprint density at radius 3 is 1.33 bits per heavy atom. The lowest BCUT2D eigenvalue weighted by Crippen LogP contribution is -2.10. The van der Waals surface area contributed by atoms with Gasteiger partial charge >= 0.3 is 0 Å². The number of anilines is 3. The van der Waals surface area contributed by atoms with Crippen LogP contribution in [0.25, 0.3) is 87.8 Å². The number of benzene rings is 9. The second-order valence-corrected chi connectivity index (χ2v) is 14.4. The summed E-state index contributed by atoms with van der Waals surface area (Å²) in [5, 5.41) is 9.42. The Morgan fingerprint density at radius 2 is 0.719 bits per heavy atom. The Labute approximate surface area is 329 Å². The maximum Gasteiger partial charge on any atom is 0.116 e. The van der Waals surface area contributed by atoms with Crippen molar-refractivity contribution in [3.63, 3.8) is 0 Å². The number of fused-ring (bicyclic) bond motifs is 6. The smallest absolute Gasteiger partial charge is 0.116 e. The molecule has 0 saturated heterocycles. The second kappa shape index (κ2) is 13.5. The van der Waals surface area contributed by atoms with Gasteiger partial charge in [0.2, 0.25) is 0 Å². The molecule has 0 aliphatic carbocycles. The number of hydrogen-bond acceptors (Lipinski definition) is 5. The minimum Gasteiger partial charge on any atom is -0.310 e. The summed E-state index contributed by atoms with van der Waals surface area (Å²) < 4.78 is 0. The summed E-state index contributed by atoms with van der Waals surface area (Å²) in [6.07, 6.45) is 3.28. The number of hydrogen-bond donors (Lipinski definition) is 0. The molecule has 2 aromatic heterocycles. The highest BCUT2D eigenvalue weighted by molar-refractivity contribution is 6.10. The van der Waals surface area contributed by atoms with Crippen LogP contribution in [0.2, 0.25) is 0 Å². The van der Waals surface area contributed by atoms with Gasteiger partial charge in [0, 0.05) is 39.0 Å². The van der Waals surface area contributed by atoms with E-state index in [2.05, 4.69) is 176 Å². The van der Waals surface area contributed by atoms with Crippen molar-refractivity contribution in [2.45, 2.75) is 0 Å². The van der Waals surface area contributed by atoms with Gasteiger partial charge in [-0.25, -0.2) is 19.9 Å². The van der Waals surface area contributed by atoms with Crippen LogP contribution in [0, 0.1) is 0 Å². The molecule has 0 fully saturated rings. The lowest BCUT2D eigenvalue weighted by atomic mass is 9.96. The molecular formula is C52H33N5. The summed E-state index contributed by atoms with van der Waals surface area (Å²) in [7, 11) is 0. The van der Waals surface area contributed by atoms with Crippen LogP contribution in [-0.4, -0.2) is 19.9 Å². The summed E-state index contributed by atoms with van der Waals surface area (Å²) in [4.78, 5) is 20.7. The molecule has 0 saturated carbocycles. The van der Waals surface area contributed by atoms with E-state index < -0.39 is 0 Å². The third-order valence-electron chi connectivity index (χ3n) is 11.0. The first-order chi connectivity index (χ1) is 28.2. The average Bonchev–Trinajstić information content (AvgIpc) is 3.29. The zero-order chi connectivity index (χ0) is 37.7. The Bertz CT molecular complexity index is 3170. The number of para-hydroxylation sites is 2. The summed E-state index contributed by atoms with van der Waals surface area (Å²) in [5.74, 6) is 0. The zero-order valence-corrected chi connectivity index (χ0v) is 30.8. The molecule has 0 bridgehead atoms. The van der Waals surface area contributed by atoms with Gasteiger partial charge in [-0.1, -0.05) is 127 Å². The monoisotopic (exact) mass is 727 g/mol. The average molecular weight is 728 g/mol. The minimum absolute atomic E-state index is 0.918. The van der Waals surface area contributed by atoms with Gasteiger partial charge in [-0.05, 0) is 104 Å². The van der Waals surface area contributed by atoms with Crippen LogP contribution in [0.5, 0.6) is 0 Å². The van der Waals surface area contributed by atoms with Crippen molar-refractivity contribution in [2.75, 3.05) is 4.90 Å². The fourth-order valence-electron chi connectivity index (χ4n) is 8.20. The summed E-state index contributed by atoms with van der Waals surface area (Å²) in [5.41, 5.74) is 11.4. The molecule has 266 valence electrons. The van der Waals surface area contributed by atoms with Crippen molar-refractivity contribution >= 4 is 71.2 Å². The highest BCUT2D eigenvalue weighted by atomic mass is 15.1. The van der Waals surface area contributed by atoms with Gasteiger partial charge in [0.05, 0.1) is 22.4 Å². The molecule has 0 radical (unpaired) electrons. The Kier molecular flexibility index (Phi) is 7.74. The lowest BCUT2D eigenvalue weighted by Gasteiger charge is -2.26. The second-order valence-electron chi connectivity index (χ2n) is 14.4. The van der Waals surface area contributed by atoms with Crippen LogP contribution in [0.3, 0.4) is 0 Å². The van der Waals surface area contributed by atoms with E-state index in [0.29, 0.717) is 0 Å². The third-order valence-corrected chi connectivity index (χ3v) is 11.0. The van der Waals surface area contributed by atoms with E-state index in [1.807, 2.05) is 36.4 Å². The third kappa shape index (κ3) is 5.81. The zero-order valence-electron chi connectivity index (χ0n) is 30.8. The van der Waals surface area contributed by atoms with E-state index >= 15 is 0 Å². The molecule has 9 aromatic carbocycles. The number of nitrogens with zero attached hydrogens (tertiary/aromatic N) is 5. The molecule has 0 unspecified atom stereocenters. The minimum atomic E-state index is 0.918. The van der Waals surface area contributed by atoms with E-state index in [4.69, 9.17) is 0 Å². The number of aromatic nitrogens is 4. The summed E-state index contributed by atoms with van der Waals surface area (Å²) in [6, 6.07) is 67.0. The lowest BCUT2D eigenvalue weighted by molar-refractivity contribution is 1.22. The predicted octanol–water partition coefficient (Wildman–Crippen LogP) is 13.5. The maximum atomic E-state index is 4.69. The van der Waals surface area contributed by atoms with Crippen molar-refractivity contribution in [3.05, 3.63) is 201 Å². The molecule has 0 spiro atoms. The van der Waals surface area contributed by atoms with Gasteiger partial charge in [-0.15, -0.1) is 0 Å². The molecule has 0 aliphatic rings. The van der Waals surface area contributed by atoms with Crippen LogP contribution in [-0.2, 0) is 0 Å². The van der Waals surface area contributed by atoms with Crippen LogP contribution < -0.4 is 4.90 Å². The van der Waals surface area contributed by atoms with Gasteiger partial charge < -0.3 is 4.90 Å². The fourth-order valence-corrected chi connectivity index (χ4v) is 8.20. The quantitative estimate of drug-likeness (QED) is 0.160. The topological polar surface area (TPSA) is 54.8 Å².